The first-order valence-corrected chi connectivity index (χ1v) is 8.99. The molecule has 1 atom stereocenters. The van der Waals surface area contributed by atoms with E-state index in [0.29, 0.717) is 12.8 Å². The van der Waals surface area contributed by atoms with Crippen LogP contribution in [0.3, 0.4) is 0 Å². The lowest BCUT2D eigenvalue weighted by Crippen LogP contribution is -2.55. The third-order valence-corrected chi connectivity index (χ3v) is 5.15. The molecule has 0 bridgehead atoms. The second-order valence-electron chi connectivity index (χ2n) is 6.80. The molecule has 1 saturated heterocycles. The van der Waals surface area contributed by atoms with Gasteiger partial charge in [-0.2, -0.15) is 0 Å². The van der Waals surface area contributed by atoms with Gasteiger partial charge < -0.3 is 9.80 Å². The standard InChI is InChI=1S/C19H27N3O2/c1-3-16(19(24)21-13-11-20(2)12-14-21)22-17-9-5-4-7-15(17)8-6-10-18(22)23/h4-5,7,9,16H,3,6,8,10-14H2,1-2H3. The number of hydrogen-bond acceptors (Lipinski definition) is 3. The van der Waals surface area contributed by atoms with Crippen LogP contribution in [0.4, 0.5) is 5.69 Å². The fourth-order valence-electron chi connectivity index (χ4n) is 3.69. The summed E-state index contributed by atoms with van der Waals surface area (Å²) in [5.41, 5.74) is 2.10. The number of amides is 2. The highest BCUT2D eigenvalue weighted by Gasteiger charge is 2.35. The summed E-state index contributed by atoms with van der Waals surface area (Å²) in [6, 6.07) is 7.64. The first-order valence-electron chi connectivity index (χ1n) is 8.99. The van der Waals surface area contributed by atoms with Crippen molar-refractivity contribution in [1.29, 1.82) is 0 Å². The van der Waals surface area contributed by atoms with E-state index in [1.54, 1.807) is 4.90 Å². The van der Waals surface area contributed by atoms with E-state index in [1.165, 1.54) is 5.56 Å². The van der Waals surface area contributed by atoms with Gasteiger partial charge in [0.1, 0.15) is 6.04 Å². The van der Waals surface area contributed by atoms with Crippen LogP contribution in [0.1, 0.15) is 31.7 Å². The Kier molecular flexibility index (Phi) is 5.19. The molecule has 24 heavy (non-hydrogen) atoms. The van der Waals surface area contributed by atoms with E-state index in [1.807, 2.05) is 30.0 Å². The van der Waals surface area contributed by atoms with Crippen LogP contribution < -0.4 is 4.90 Å². The Balaban J connectivity index is 1.88. The molecule has 5 nitrogen and oxygen atoms in total. The molecule has 1 aromatic carbocycles. The molecule has 2 heterocycles. The lowest BCUT2D eigenvalue weighted by atomic mass is 10.1. The minimum absolute atomic E-state index is 0.0780. The fourth-order valence-corrected chi connectivity index (χ4v) is 3.69. The second kappa shape index (κ2) is 7.34. The molecule has 0 aromatic heterocycles. The lowest BCUT2D eigenvalue weighted by molar-refractivity contribution is -0.136. The van der Waals surface area contributed by atoms with E-state index in [2.05, 4.69) is 18.0 Å². The van der Waals surface area contributed by atoms with E-state index in [0.717, 1.165) is 44.7 Å². The van der Waals surface area contributed by atoms with Crippen molar-refractivity contribution in [2.45, 2.75) is 38.6 Å². The normalized spacial score (nSPS) is 20.5. The third-order valence-electron chi connectivity index (χ3n) is 5.15. The van der Waals surface area contributed by atoms with Crippen molar-refractivity contribution in [3.05, 3.63) is 29.8 Å². The molecule has 5 heteroatoms. The number of hydrogen-bond donors (Lipinski definition) is 0. The summed E-state index contributed by atoms with van der Waals surface area (Å²) in [7, 11) is 2.08. The molecule has 2 amide bonds. The number of anilines is 1. The predicted octanol–water partition coefficient (Wildman–Crippen LogP) is 1.91. The molecule has 3 rings (SSSR count). The molecule has 1 unspecified atom stereocenters. The second-order valence-corrected chi connectivity index (χ2v) is 6.80. The first-order chi connectivity index (χ1) is 11.6. The van der Waals surface area contributed by atoms with E-state index >= 15 is 0 Å². The van der Waals surface area contributed by atoms with Crippen LogP contribution in [0.25, 0.3) is 0 Å². The van der Waals surface area contributed by atoms with Gasteiger partial charge in [0.25, 0.3) is 0 Å². The van der Waals surface area contributed by atoms with Gasteiger partial charge in [0.2, 0.25) is 11.8 Å². The van der Waals surface area contributed by atoms with Gasteiger partial charge in [-0.15, -0.1) is 0 Å². The maximum absolute atomic E-state index is 13.1. The van der Waals surface area contributed by atoms with Crippen LogP contribution in [0.5, 0.6) is 0 Å². The SMILES string of the molecule is CCC(C(=O)N1CCN(C)CC1)N1C(=O)CCCc2ccccc21. The van der Waals surface area contributed by atoms with Crippen molar-refractivity contribution in [2.24, 2.45) is 0 Å². The zero-order chi connectivity index (χ0) is 17.1. The molecular weight excluding hydrogens is 302 g/mol. The summed E-state index contributed by atoms with van der Waals surface area (Å²) in [4.78, 5) is 31.8. The van der Waals surface area contributed by atoms with Crippen molar-refractivity contribution in [3.63, 3.8) is 0 Å². The number of piperazine rings is 1. The summed E-state index contributed by atoms with van der Waals surface area (Å²) >= 11 is 0. The molecule has 0 spiro atoms. The number of carbonyl (C=O) groups excluding carboxylic acids is 2. The van der Waals surface area contributed by atoms with Crippen LogP contribution in [-0.2, 0) is 16.0 Å². The fraction of sp³-hybridized carbons (Fsp3) is 0.579. The van der Waals surface area contributed by atoms with E-state index in [4.69, 9.17) is 0 Å². The number of nitrogens with zero attached hydrogens (tertiary/aromatic N) is 3. The minimum Gasteiger partial charge on any atom is -0.338 e. The number of para-hydroxylation sites is 1. The Morgan fingerprint density at radius 3 is 2.54 bits per heavy atom. The highest BCUT2D eigenvalue weighted by atomic mass is 16.2. The molecule has 0 radical (unpaired) electrons. The molecule has 2 aliphatic rings. The third kappa shape index (κ3) is 3.31. The van der Waals surface area contributed by atoms with E-state index < -0.39 is 0 Å². The van der Waals surface area contributed by atoms with Gasteiger partial charge in [-0.3, -0.25) is 14.5 Å². The van der Waals surface area contributed by atoms with Crippen molar-refractivity contribution in [1.82, 2.24) is 9.80 Å². The van der Waals surface area contributed by atoms with Gasteiger partial charge in [0.05, 0.1) is 0 Å². The van der Waals surface area contributed by atoms with Crippen molar-refractivity contribution >= 4 is 17.5 Å². The number of aryl methyl sites for hydroxylation is 1. The zero-order valence-corrected chi connectivity index (χ0v) is 14.7. The molecule has 130 valence electrons. The largest absolute Gasteiger partial charge is 0.338 e. The van der Waals surface area contributed by atoms with E-state index in [9.17, 15) is 9.59 Å². The van der Waals surface area contributed by atoms with Gasteiger partial charge in [-0.25, -0.2) is 0 Å². The molecule has 2 aliphatic heterocycles. The topological polar surface area (TPSA) is 43.9 Å². The molecule has 0 saturated carbocycles. The van der Waals surface area contributed by atoms with Crippen LogP contribution >= 0.6 is 0 Å². The Morgan fingerprint density at radius 2 is 1.83 bits per heavy atom. The molecule has 0 N–H and O–H groups in total. The van der Waals surface area contributed by atoms with Crippen molar-refractivity contribution < 1.29 is 9.59 Å². The first kappa shape index (κ1) is 17.0. The summed E-state index contributed by atoms with van der Waals surface area (Å²) in [5, 5.41) is 0. The summed E-state index contributed by atoms with van der Waals surface area (Å²) in [6.07, 6.45) is 2.91. The Hall–Kier alpha value is -1.88. The quantitative estimate of drug-likeness (QED) is 0.851. The summed E-state index contributed by atoms with van der Waals surface area (Å²) in [5.74, 6) is 0.171. The average molecular weight is 329 g/mol. The summed E-state index contributed by atoms with van der Waals surface area (Å²) in [6.45, 7) is 5.28. The number of benzene rings is 1. The molecule has 0 aliphatic carbocycles. The molecule has 1 aromatic rings. The Labute approximate surface area is 144 Å². The van der Waals surface area contributed by atoms with Crippen LogP contribution in [0.2, 0.25) is 0 Å². The zero-order valence-electron chi connectivity index (χ0n) is 14.7. The van der Waals surface area contributed by atoms with Gasteiger partial charge >= 0.3 is 0 Å². The van der Waals surface area contributed by atoms with Crippen LogP contribution in [-0.4, -0.2) is 60.9 Å². The number of fused-ring (bicyclic) bond motifs is 1. The van der Waals surface area contributed by atoms with Crippen LogP contribution in [0.15, 0.2) is 24.3 Å². The van der Waals surface area contributed by atoms with Crippen molar-refractivity contribution in [3.8, 4) is 0 Å². The average Bonchev–Trinajstić information content (AvgIpc) is 2.75. The van der Waals surface area contributed by atoms with E-state index in [-0.39, 0.29) is 17.9 Å². The maximum atomic E-state index is 13.1. The lowest BCUT2D eigenvalue weighted by Gasteiger charge is -2.38. The number of likely N-dealkylation sites (N-methyl/N-ethyl adjacent to an activating group) is 1. The number of carbonyl (C=O) groups is 2. The maximum Gasteiger partial charge on any atom is 0.245 e. The number of rotatable bonds is 3. The highest BCUT2D eigenvalue weighted by Crippen LogP contribution is 2.30. The molecule has 1 fully saturated rings. The van der Waals surface area contributed by atoms with Gasteiger partial charge in [-0.1, -0.05) is 25.1 Å². The monoisotopic (exact) mass is 329 g/mol. The predicted molar refractivity (Wildman–Crippen MR) is 95.0 cm³/mol. The minimum atomic E-state index is -0.389. The molecular formula is C19H27N3O2. The highest BCUT2D eigenvalue weighted by molar-refractivity contribution is 6.01. The Bertz CT molecular complexity index is 608. The summed E-state index contributed by atoms with van der Waals surface area (Å²) < 4.78 is 0. The van der Waals surface area contributed by atoms with Crippen molar-refractivity contribution in [2.75, 3.05) is 38.1 Å². The van der Waals surface area contributed by atoms with Gasteiger partial charge in [-0.05, 0) is 37.9 Å². The van der Waals surface area contributed by atoms with Crippen LogP contribution in [0, 0.1) is 0 Å². The Morgan fingerprint density at radius 1 is 1.12 bits per heavy atom. The van der Waals surface area contributed by atoms with Gasteiger partial charge in [0.15, 0.2) is 0 Å². The van der Waals surface area contributed by atoms with Gasteiger partial charge in [0, 0.05) is 38.3 Å². The smallest absolute Gasteiger partial charge is 0.245 e.